The number of fused-ring (bicyclic) bond motifs is 1. The van der Waals surface area contributed by atoms with Gasteiger partial charge in [0.25, 0.3) is 0 Å². The van der Waals surface area contributed by atoms with E-state index >= 15 is 0 Å². The summed E-state index contributed by atoms with van der Waals surface area (Å²) in [6, 6.07) is 22.8. The molecule has 3 aromatic carbocycles. The van der Waals surface area contributed by atoms with Crippen molar-refractivity contribution >= 4 is 34.1 Å². The minimum Gasteiger partial charge on any atom is -0.298 e. The molecule has 3 nitrogen and oxygen atoms in total. The lowest BCUT2D eigenvalue weighted by Gasteiger charge is -2.26. The van der Waals surface area contributed by atoms with Gasteiger partial charge in [0, 0.05) is 23.9 Å². The van der Waals surface area contributed by atoms with E-state index in [0.717, 1.165) is 30.1 Å². The first kappa shape index (κ1) is 19.3. The maximum Gasteiger partial charge on any atom is 0.231 e. The maximum atomic E-state index is 13.6. The van der Waals surface area contributed by atoms with Gasteiger partial charge < -0.3 is 0 Å². The average Bonchev–Trinajstić information content (AvgIpc) is 3.44. The predicted molar refractivity (Wildman–Crippen MR) is 123 cm³/mol. The fraction of sp³-hybridized carbons (Fsp3) is 0.308. The molecule has 1 fully saturated rings. The summed E-state index contributed by atoms with van der Waals surface area (Å²) in [7, 11) is 0. The molecule has 0 saturated heterocycles. The number of aliphatic imine (C=N–C) groups is 1. The van der Waals surface area contributed by atoms with Gasteiger partial charge in [0.05, 0.1) is 6.54 Å². The van der Waals surface area contributed by atoms with Crippen molar-refractivity contribution < 1.29 is 4.79 Å². The molecule has 0 unspecified atom stereocenters. The van der Waals surface area contributed by atoms with E-state index in [1.165, 1.54) is 21.9 Å². The Labute approximate surface area is 182 Å². The summed E-state index contributed by atoms with van der Waals surface area (Å²) in [5.74, 6) is 1.46. The Morgan fingerprint density at radius 1 is 1.00 bits per heavy atom. The second kappa shape index (κ2) is 8.23. The van der Waals surface area contributed by atoms with Gasteiger partial charge in [-0.2, -0.15) is 0 Å². The third-order valence-electron chi connectivity index (χ3n) is 6.56. The first-order valence-corrected chi connectivity index (χ1v) is 11.2. The molecule has 0 spiro atoms. The number of rotatable bonds is 4. The molecule has 30 heavy (non-hydrogen) atoms. The molecule has 0 N–H and O–H groups in total. The normalized spacial score (nSPS) is 21.2. The van der Waals surface area contributed by atoms with Crippen molar-refractivity contribution in [2.24, 2.45) is 10.9 Å². The van der Waals surface area contributed by atoms with E-state index < -0.39 is 0 Å². The third kappa shape index (κ3) is 3.63. The number of halogens is 1. The molecule has 2 aliphatic rings. The quantitative estimate of drug-likeness (QED) is 0.524. The Balaban J connectivity index is 1.37. The van der Waals surface area contributed by atoms with Crippen molar-refractivity contribution in [1.82, 2.24) is 4.90 Å². The molecule has 1 amide bonds. The van der Waals surface area contributed by atoms with Gasteiger partial charge in [-0.25, -0.2) is 0 Å². The Bertz CT molecular complexity index is 1100. The fourth-order valence-corrected chi connectivity index (χ4v) is 5.19. The molecule has 152 valence electrons. The molecule has 0 bridgehead atoms. The second-order valence-corrected chi connectivity index (χ2v) is 8.73. The molecule has 5 rings (SSSR count). The molecule has 1 aliphatic heterocycles. The summed E-state index contributed by atoms with van der Waals surface area (Å²) in [5.41, 5.74) is 2.45. The summed E-state index contributed by atoms with van der Waals surface area (Å²) >= 11 is 6.07. The zero-order valence-corrected chi connectivity index (χ0v) is 17.7. The molecule has 3 aromatic rings. The Hall–Kier alpha value is -2.65. The summed E-state index contributed by atoms with van der Waals surface area (Å²) in [5, 5.41) is 3.20. The van der Waals surface area contributed by atoms with Crippen molar-refractivity contribution in [2.75, 3.05) is 13.1 Å². The largest absolute Gasteiger partial charge is 0.298 e. The van der Waals surface area contributed by atoms with Crippen LogP contribution in [0.4, 0.5) is 0 Å². The van der Waals surface area contributed by atoms with E-state index in [4.69, 9.17) is 16.6 Å². The van der Waals surface area contributed by atoms with Crippen LogP contribution in [-0.4, -0.2) is 29.7 Å². The number of nitrogens with zero attached hydrogens (tertiary/aromatic N) is 2. The first-order valence-electron chi connectivity index (χ1n) is 10.8. The topological polar surface area (TPSA) is 32.7 Å². The molecule has 1 saturated carbocycles. The van der Waals surface area contributed by atoms with Crippen LogP contribution in [0.2, 0.25) is 5.02 Å². The third-order valence-corrected chi connectivity index (χ3v) is 6.81. The number of amides is 1. The van der Waals surface area contributed by atoms with Crippen molar-refractivity contribution in [3.05, 3.63) is 82.9 Å². The van der Waals surface area contributed by atoms with E-state index in [1.807, 2.05) is 17.0 Å². The molecule has 4 heteroatoms. The first-order chi connectivity index (χ1) is 14.7. The highest BCUT2D eigenvalue weighted by Gasteiger charge is 2.38. The molecule has 1 aliphatic carbocycles. The monoisotopic (exact) mass is 416 g/mol. The van der Waals surface area contributed by atoms with Crippen LogP contribution in [0.25, 0.3) is 10.8 Å². The Morgan fingerprint density at radius 3 is 2.67 bits per heavy atom. The summed E-state index contributed by atoms with van der Waals surface area (Å²) in [6.45, 7) is 1.40. The van der Waals surface area contributed by atoms with Gasteiger partial charge in [0.15, 0.2) is 0 Å². The second-order valence-electron chi connectivity index (χ2n) is 8.30. The fourth-order valence-electron chi connectivity index (χ4n) is 5.06. The van der Waals surface area contributed by atoms with Crippen molar-refractivity contribution in [3.8, 4) is 0 Å². The van der Waals surface area contributed by atoms with Gasteiger partial charge in [-0.1, -0.05) is 72.6 Å². The summed E-state index contributed by atoms with van der Waals surface area (Å²) in [4.78, 5) is 20.3. The average molecular weight is 417 g/mol. The van der Waals surface area contributed by atoms with Crippen molar-refractivity contribution in [3.63, 3.8) is 0 Å². The standard InChI is InChI=1S/C26H25ClN2O/c27-21-13-11-19(12-14-21)23-9-4-10-24(23)26(30)29-16-15-28-25(29)17-20-7-3-6-18-5-1-2-8-22(18)20/h1-3,5-8,11-14,23-24H,4,9-10,15-17H2/t23-,24-/m0/s1. The molecule has 2 atom stereocenters. The lowest BCUT2D eigenvalue weighted by Crippen LogP contribution is -2.40. The summed E-state index contributed by atoms with van der Waals surface area (Å²) < 4.78 is 0. The van der Waals surface area contributed by atoms with Crippen LogP contribution in [-0.2, 0) is 11.2 Å². The highest BCUT2D eigenvalue weighted by atomic mass is 35.5. The minimum atomic E-state index is 0.0296. The Morgan fingerprint density at radius 2 is 1.80 bits per heavy atom. The molecule has 0 aromatic heterocycles. The summed E-state index contributed by atoms with van der Waals surface area (Å²) in [6.07, 6.45) is 3.80. The van der Waals surface area contributed by atoms with Gasteiger partial charge in [0.1, 0.15) is 5.84 Å². The zero-order chi connectivity index (χ0) is 20.5. The van der Waals surface area contributed by atoms with Crippen LogP contribution in [0, 0.1) is 5.92 Å². The minimum absolute atomic E-state index is 0.0296. The predicted octanol–water partition coefficient (Wildman–Crippen LogP) is 5.86. The van der Waals surface area contributed by atoms with Gasteiger partial charge in [-0.05, 0) is 52.8 Å². The van der Waals surface area contributed by atoms with Gasteiger partial charge >= 0.3 is 0 Å². The SMILES string of the molecule is O=C([C@H]1CCC[C@H]1c1ccc(Cl)cc1)N1CCN=C1Cc1cccc2ccccc12. The number of hydrogen-bond donors (Lipinski definition) is 0. The van der Waals surface area contributed by atoms with E-state index in [2.05, 4.69) is 54.6 Å². The van der Waals surface area contributed by atoms with E-state index in [-0.39, 0.29) is 17.7 Å². The van der Waals surface area contributed by atoms with Gasteiger partial charge in [-0.3, -0.25) is 14.7 Å². The van der Waals surface area contributed by atoms with Crippen LogP contribution in [0.5, 0.6) is 0 Å². The van der Waals surface area contributed by atoms with Crippen LogP contribution in [0.3, 0.4) is 0 Å². The van der Waals surface area contributed by atoms with Crippen LogP contribution in [0.15, 0.2) is 71.7 Å². The van der Waals surface area contributed by atoms with E-state index in [1.54, 1.807) is 0 Å². The Kier molecular flexibility index (Phi) is 5.30. The number of carbonyl (C=O) groups is 1. The highest BCUT2D eigenvalue weighted by Crippen LogP contribution is 2.41. The number of hydrogen-bond acceptors (Lipinski definition) is 2. The molecule has 0 radical (unpaired) electrons. The van der Waals surface area contributed by atoms with Crippen LogP contribution < -0.4 is 0 Å². The molecule has 1 heterocycles. The van der Waals surface area contributed by atoms with Gasteiger partial charge in [0.2, 0.25) is 5.91 Å². The van der Waals surface area contributed by atoms with E-state index in [9.17, 15) is 4.79 Å². The van der Waals surface area contributed by atoms with E-state index in [0.29, 0.717) is 19.5 Å². The zero-order valence-electron chi connectivity index (χ0n) is 16.9. The molecular formula is C26H25ClN2O. The lowest BCUT2D eigenvalue weighted by atomic mass is 9.88. The number of amidine groups is 1. The maximum absolute atomic E-state index is 13.6. The van der Waals surface area contributed by atoms with Crippen LogP contribution in [0.1, 0.15) is 36.3 Å². The number of carbonyl (C=O) groups excluding carboxylic acids is 1. The van der Waals surface area contributed by atoms with Gasteiger partial charge in [-0.15, -0.1) is 0 Å². The lowest BCUT2D eigenvalue weighted by molar-refractivity contribution is -0.131. The van der Waals surface area contributed by atoms with Crippen molar-refractivity contribution in [2.45, 2.75) is 31.6 Å². The smallest absolute Gasteiger partial charge is 0.231 e. The van der Waals surface area contributed by atoms with Crippen molar-refractivity contribution in [1.29, 1.82) is 0 Å². The highest BCUT2D eigenvalue weighted by molar-refractivity contribution is 6.30. The number of benzene rings is 3. The molecular weight excluding hydrogens is 392 g/mol. The van der Waals surface area contributed by atoms with Crippen LogP contribution >= 0.6 is 11.6 Å².